The molecule has 0 spiro atoms. The highest BCUT2D eigenvalue weighted by molar-refractivity contribution is 5.85. The lowest BCUT2D eigenvalue weighted by Crippen LogP contribution is -1.95. The first-order chi connectivity index (χ1) is 5.70. The molecule has 0 amide bonds. The first-order valence-corrected chi connectivity index (χ1v) is 3.87. The Balaban J connectivity index is 0.000000845. The van der Waals surface area contributed by atoms with Gasteiger partial charge in [0.15, 0.2) is 0 Å². The minimum Gasteiger partial charge on any atom is -0.369 e. The Morgan fingerprint density at radius 1 is 1.29 bits per heavy atom. The number of aryl methyl sites for hydroxylation is 2. The van der Waals surface area contributed by atoms with Gasteiger partial charge in [0.2, 0.25) is 5.95 Å². The van der Waals surface area contributed by atoms with Gasteiger partial charge in [0.05, 0.1) is 11.0 Å². The van der Waals surface area contributed by atoms with Gasteiger partial charge < -0.3 is 10.3 Å². The second-order valence-electron chi connectivity index (χ2n) is 2.97. The van der Waals surface area contributed by atoms with Crippen LogP contribution in [0.4, 0.5) is 5.95 Å². The molecule has 1 heterocycles. The van der Waals surface area contributed by atoms with E-state index in [0.717, 1.165) is 11.0 Å². The summed E-state index contributed by atoms with van der Waals surface area (Å²) in [6.45, 7) is 2.04. The van der Waals surface area contributed by atoms with E-state index < -0.39 is 0 Å². The number of para-hydroxylation sites is 1. The number of anilines is 1. The number of fused-ring (bicyclic) bond motifs is 1. The van der Waals surface area contributed by atoms with Gasteiger partial charge in [-0.1, -0.05) is 12.1 Å². The van der Waals surface area contributed by atoms with Gasteiger partial charge in [0.1, 0.15) is 0 Å². The number of hydrogen-bond donors (Lipinski definition) is 1. The number of hydrogen-bond acceptors (Lipinski definition) is 2. The summed E-state index contributed by atoms with van der Waals surface area (Å²) in [5.74, 6) is 0.569. The van der Waals surface area contributed by atoms with E-state index in [1.54, 1.807) is 0 Å². The summed E-state index contributed by atoms with van der Waals surface area (Å²) in [5, 5.41) is 0. The number of rotatable bonds is 0. The molecule has 2 aromatic rings. The molecule has 3 nitrogen and oxygen atoms in total. The molecular formula is C9H13Cl2N3. The maximum Gasteiger partial charge on any atom is 0.200 e. The Bertz CT molecular complexity index is 437. The van der Waals surface area contributed by atoms with Crippen LogP contribution in [0.2, 0.25) is 0 Å². The summed E-state index contributed by atoms with van der Waals surface area (Å²) in [7, 11) is 1.92. The summed E-state index contributed by atoms with van der Waals surface area (Å²) in [6, 6.07) is 6.07. The van der Waals surface area contributed by atoms with E-state index in [-0.39, 0.29) is 24.8 Å². The summed E-state index contributed by atoms with van der Waals surface area (Å²) in [5.41, 5.74) is 8.93. The van der Waals surface area contributed by atoms with Crippen LogP contribution in [0, 0.1) is 6.92 Å². The molecule has 78 valence electrons. The zero-order chi connectivity index (χ0) is 8.72. The van der Waals surface area contributed by atoms with Crippen LogP contribution in [0.5, 0.6) is 0 Å². The quantitative estimate of drug-likeness (QED) is 0.760. The van der Waals surface area contributed by atoms with Gasteiger partial charge in [-0.25, -0.2) is 4.98 Å². The summed E-state index contributed by atoms with van der Waals surface area (Å²) >= 11 is 0. The SMILES string of the molecule is Cc1cccc2c1nc(N)n2C.Cl.Cl. The Morgan fingerprint density at radius 2 is 1.93 bits per heavy atom. The molecular weight excluding hydrogens is 221 g/mol. The summed E-state index contributed by atoms with van der Waals surface area (Å²) in [4.78, 5) is 4.25. The van der Waals surface area contributed by atoms with Crippen LogP contribution >= 0.6 is 24.8 Å². The number of aromatic nitrogens is 2. The van der Waals surface area contributed by atoms with E-state index >= 15 is 0 Å². The Kier molecular flexibility index (Phi) is 4.23. The Hall–Kier alpha value is -0.930. The van der Waals surface area contributed by atoms with Gasteiger partial charge in [0, 0.05) is 7.05 Å². The van der Waals surface area contributed by atoms with Crippen molar-refractivity contribution in [2.24, 2.45) is 7.05 Å². The van der Waals surface area contributed by atoms with Crippen molar-refractivity contribution in [3.05, 3.63) is 23.8 Å². The van der Waals surface area contributed by atoms with Gasteiger partial charge >= 0.3 is 0 Å². The molecule has 0 atom stereocenters. The van der Waals surface area contributed by atoms with Crippen molar-refractivity contribution in [1.82, 2.24) is 9.55 Å². The topological polar surface area (TPSA) is 43.8 Å². The Morgan fingerprint density at radius 3 is 2.50 bits per heavy atom. The van der Waals surface area contributed by atoms with Crippen molar-refractivity contribution >= 4 is 41.8 Å². The minimum atomic E-state index is 0. The van der Waals surface area contributed by atoms with Crippen molar-refractivity contribution in [2.45, 2.75) is 6.92 Å². The molecule has 0 saturated carbocycles. The lowest BCUT2D eigenvalue weighted by atomic mass is 10.2. The van der Waals surface area contributed by atoms with E-state index in [0.29, 0.717) is 5.95 Å². The van der Waals surface area contributed by atoms with Crippen LogP contribution in [-0.2, 0) is 7.05 Å². The zero-order valence-electron chi connectivity index (χ0n) is 8.02. The predicted octanol–water partition coefficient (Wildman–Crippen LogP) is 2.31. The molecule has 0 aliphatic heterocycles. The molecule has 1 aromatic carbocycles. The van der Waals surface area contributed by atoms with E-state index in [9.17, 15) is 0 Å². The highest BCUT2D eigenvalue weighted by Gasteiger charge is 2.04. The maximum atomic E-state index is 5.67. The first kappa shape index (κ1) is 13.1. The standard InChI is InChI=1S/C9H11N3.2ClH/c1-6-4-3-5-7-8(6)11-9(10)12(7)2;;/h3-5H,1-2H3,(H2,10,11);2*1H. The number of halogens is 2. The van der Waals surface area contributed by atoms with Crippen LogP contribution in [0.25, 0.3) is 11.0 Å². The lowest BCUT2D eigenvalue weighted by Gasteiger charge is -1.95. The van der Waals surface area contributed by atoms with Crippen molar-refractivity contribution in [3.63, 3.8) is 0 Å². The van der Waals surface area contributed by atoms with Crippen LogP contribution in [0.1, 0.15) is 5.56 Å². The number of benzene rings is 1. The van der Waals surface area contributed by atoms with Crippen LogP contribution < -0.4 is 5.73 Å². The van der Waals surface area contributed by atoms with Gasteiger partial charge in [0.25, 0.3) is 0 Å². The third kappa shape index (κ3) is 1.79. The molecule has 0 bridgehead atoms. The second kappa shape index (κ2) is 4.53. The number of nitrogens with two attached hydrogens (primary N) is 1. The smallest absolute Gasteiger partial charge is 0.200 e. The molecule has 0 aliphatic carbocycles. The number of nitrogens with zero attached hydrogens (tertiary/aromatic N) is 2. The van der Waals surface area contributed by atoms with Gasteiger partial charge in [-0.05, 0) is 18.6 Å². The predicted molar refractivity (Wildman–Crippen MR) is 64.4 cm³/mol. The zero-order valence-corrected chi connectivity index (χ0v) is 9.65. The molecule has 0 saturated heterocycles. The van der Waals surface area contributed by atoms with Crippen molar-refractivity contribution < 1.29 is 0 Å². The van der Waals surface area contributed by atoms with Crippen molar-refractivity contribution in [3.8, 4) is 0 Å². The Labute approximate surface area is 95.1 Å². The molecule has 2 rings (SSSR count). The van der Waals surface area contributed by atoms with Gasteiger partial charge in [-0.15, -0.1) is 24.8 Å². The van der Waals surface area contributed by atoms with Crippen molar-refractivity contribution in [2.75, 3.05) is 5.73 Å². The fourth-order valence-electron chi connectivity index (χ4n) is 1.37. The number of nitrogen functional groups attached to an aromatic ring is 1. The molecule has 14 heavy (non-hydrogen) atoms. The van der Waals surface area contributed by atoms with Gasteiger partial charge in [-0.2, -0.15) is 0 Å². The van der Waals surface area contributed by atoms with Crippen LogP contribution in [-0.4, -0.2) is 9.55 Å². The summed E-state index contributed by atoms with van der Waals surface area (Å²) in [6.07, 6.45) is 0. The molecule has 0 radical (unpaired) electrons. The van der Waals surface area contributed by atoms with Crippen LogP contribution in [0.15, 0.2) is 18.2 Å². The molecule has 5 heteroatoms. The third-order valence-corrected chi connectivity index (χ3v) is 2.15. The van der Waals surface area contributed by atoms with E-state index in [1.165, 1.54) is 5.56 Å². The molecule has 1 aromatic heterocycles. The molecule has 0 unspecified atom stereocenters. The molecule has 0 fully saturated rings. The van der Waals surface area contributed by atoms with E-state index in [4.69, 9.17) is 5.73 Å². The highest BCUT2D eigenvalue weighted by Crippen LogP contribution is 2.18. The highest BCUT2D eigenvalue weighted by atomic mass is 35.5. The van der Waals surface area contributed by atoms with E-state index in [1.807, 2.05) is 36.7 Å². The fourth-order valence-corrected chi connectivity index (χ4v) is 1.37. The van der Waals surface area contributed by atoms with Gasteiger partial charge in [-0.3, -0.25) is 0 Å². The largest absolute Gasteiger partial charge is 0.369 e. The third-order valence-electron chi connectivity index (χ3n) is 2.15. The number of imidazole rings is 1. The van der Waals surface area contributed by atoms with Crippen LogP contribution in [0.3, 0.4) is 0 Å². The van der Waals surface area contributed by atoms with Crippen molar-refractivity contribution in [1.29, 1.82) is 0 Å². The first-order valence-electron chi connectivity index (χ1n) is 3.87. The maximum absolute atomic E-state index is 5.67. The molecule has 0 aliphatic rings. The normalized spacial score (nSPS) is 9.29. The van der Waals surface area contributed by atoms with E-state index in [2.05, 4.69) is 4.98 Å². The lowest BCUT2D eigenvalue weighted by molar-refractivity contribution is 0.965. The second-order valence-corrected chi connectivity index (χ2v) is 2.97. The monoisotopic (exact) mass is 233 g/mol. The molecule has 2 N–H and O–H groups in total. The summed E-state index contributed by atoms with van der Waals surface area (Å²) < 4.78 is 1.89. The fraction of sp³-hybridized carbons (Fsp3) is 0.222. The average molecular weight is 234 g/mol. The average Bonchev–Trinajstić information content (AvgIpc) is 2.32. The minimum absolute atomic E-state index is 0.